The van der Waals surface area contributed by atoms with Crippen molar-refractivity contribution in [2.24, 2.45) is 4.99 Å². The molecule has 0 saturated carbocycles. The van der Waals surface area contributed by atoms with Crippen LogP contribution in [0.5, 0.6) is 0 Å². The summed E-state index contributed by atoms with van der Waals surface area (Å²) in [7, 11) is 2.05. The Bertz CT molecular complexity index is 663. The molecule has 7 heteroatoms. The SMILES string of the molecule is CCNC(=NCCCOCCc1ccccc1)N(C)Cc1csc(C)n1.I. The highest BCUT2D eigenvalue weighted by molar-refractivity contribution is 14.0. The molecule has 1 N–H and O–H groups in total. The third kappa shape index (κ3) is 9.53. The fourth-order valence-electron chi connectivity index (χ4n) is 2.56. The maximum absolute atomic E-state index is 5.73. The van der Waals surface area contributed by atoms with Crippen molar-refractivity contribution in [3.05, 3.63) is 52.0 Å². The average molecular weight is 502 g/mol. The molecular weight excluding hydrogens is 471 g/mol. The quantitative estimate of drug-likeness (QED) is 0.230. The van der Waals surface area contributed by atoms with Crippen molar-refractivity contribution in [3.8, 4) is 0 Å². The molecule has 2 aromatic rings. The number of ether oxygens (including phenoxy) is 1. The van der Waals surface area contributed by atoms with Gasteiger partial charge >= 0.3 is 0 Å². The second kappa shape index (κ2) is 13.9. The topological polar surface area (TPSA) is 49.8 Å². The van der Waals surface area contributed by atoms with Gasteiger partial charge in [-0.25, -0.2) is 4.98 Å². The van der Waals surface area contributed by atoms with E-state index in [-0.39, 0.29) is 24.0 Å². The highest BCUT2D eigenvalue weighted by atomic mass is 127. The average Bonchev–Trinajstić information content (AvgIpc) is 3.05. The van der Waals surface area contributed by atoms with E-state index >= 15 is 0 Å². The summed E-state index contributed by atoms with van der Waals surface area (Å²) in [5.41, 5.74) is 2.41. The lowest BCUT2D eigenvalue weighted by molar-refractivity contribution is 0.136. The molecule has 0 amide bonds. The number of rotatable bonds is 10. The number of aliphatic imine (C=N–C) groups is 1. The third-order valence-electron chi connectivity index (χ3n) is 3.85. The van der Waals surface area contributed by atoms with Gasteiger partial charge in [0.1, 0.15) is 0 Å². The Balaban J connectivity index is 0.00000364. The van der Waals surface area contributed by atoms with Gasteiger partial charge in [-0.2, -0.15) is 0 Å². The van der Waals surface area contributed by atoms with Crippen LogP contribution in [0, 0.1) is 6.92 Å². The molecule has 0 atom stereocenters. The molecule has 0 saturated heterocycles. The van der Waals surface area contributed by atoms with Gasteiger partial charge in [0.2, 0.25) is 0 Å². The summed E-state index contributed by atoms with van der Waals surface area (Å²) in [5.74, 6) is 0.919. The molecule has 27 heavy (non-hydrogen) atoms. The summed E-state index contributed by atoms with van der Waals surface area (Å²) in [6, 6.07) is 10.4. The lowest BCUT2D eigenvalue weighted by atomic mass is 10.2. The Labute approximate surface area is 184 Å². The fourth-order valence-corrected chi connectivity index (χ4v) is 3.16. The molecule has 1 aromatic carbocycles. The molecule has 0 radical (unpaired) electrons. The number of aromatic nitrogens is 1. The predicted octanol–water partition coefficient (Wildman–Crippen LogP) is 4.12. The molecule has 2 rings (SSSR count). The monoisotopic (exact) mass is 502 g/mol. The van der Waals surface area contributed by atoms with Gasteiger partial charge in [-0.1, -0.05) is 30.3 Å². The second-order valence-electron chi connectivity index (χ2n) is 6.15. The van der Waals surface area contributed by atoms with Gasteiger partial charge in [0.15, 0.2) is 5.96 Å². The van der Waals surface area contributed by atoms with Gasteiger partial charge in [-0.05, 0) is 32.3 Å². The van der Waals surface area contributed by atoms with Crippen LogP contribution in [-0.2, 0) is 17.7 Å². The number of halogens is 1. The Morgan fingerprint density at radius 2 is 2.04 bits per heavy atom. The van der Waals surface area contributed by atoms with E-state index < -0.39 is 0 Å². The zero-order valence-corrected chi connectivity index (χ0v) is 19.6. The number of guanidine groups is 1. The lowest BCUT2D eigenvalue weighted by Gasteiger charge is -2.21. The van der Waals surface area contributed by atoms with Gasteiger partial charge in [0.25, 0.3) is 0 Å². The first kappa shape index (κ1) is 23.8. The lowest BCUT2D eigenvalue weighted by Crippen LogP contribution is -2.38. The van der Waals surface area contributed by atoms with E-state index in [0.29, 0.717) is 0 Å². The van der Waals surface area contributed by atoms with Crippen LogP contribution >= 0.6 is 35.3 Å². The molecule has 0 aliphatic heterocycles. The number of hydrogen-bond donors (Lipinski definition) is 1. The number of nitrogens with zero attached hydrogens (tertiary/aromatic N) is 3. The maximum atomic E-state index is 5.73. The summed E-state index contributed by atoms with van der Waals surface area (Å²) >= 11 is 1.68. The highest BCUT2D eigenvalue weighted by Crippen LogP contribution is 2.09. The second-order valence-corrected chi connectivity index (χ2v) is 7.21. The van der Waals surface area contributed by atoms with Crippen LogP contribution in [0.2, 0.25) is 0 Å². The minimum atomic E-state index is 0. The smallest absolute Gasteiger partial charge is 0.194 e. The van der Waals surface area contributed by atoms with Crippen LogP contribution in [0.15, 0.2) is 40.7 Å². The van der Waals surface area contributed by atoms with Crippen molar-refractivity contribution >= 4 is 41.3 Å². The predicted molar refractivity (Wildman–Crippen MR) is 125 cm³/mol. The summed E-state index contributed by atoms with van der Waals surface area (Å²) in [5, 5.41) is 6.55. The van der Waals surface area contributed by atoms with Gasteiger partial charge in [0, 0.05) is 32.1 Å². The van der Waals surface area contributed by atoms with Crippen molar-refractivity contribution in [3.63, 3.8) is 0 Å². The van der Waals surface area contributed by atoms with E-state index in [2.05, 4.69) is 51.8 Å². The maximum Gasteiger partial charge on any atom is 0.194 e. The van der Waals surface area contributed by atoms with Gasteiger partial charge in [0.05, 0.1) is 23.9 Å². The van der Waals surface area contributed by atoms with Crippen molar-refractivity contribution in [1.82, 2.24) is 15.2 Å². The normalized spacial score (nSPS) is 11.1. The molecule has 150 valence electrons. The summed E-state index contributed by atoms with van der Waals surface area (Å²) < 4.78 is 5.73. The molecule has 1 heterocycles. The van der Waals surface area contributed by atoms with Gasteiger partial charge in [-0.15, -0.1) is 35.3 Å². The first-order chi connectivity index (χ1) is 12.7. The van der Waals surface area contributed by atoms with E-state index in [1.54, 1.807) is 11.3 Å². The van der Waals surface area contributed by atoms with Crippen LogP contribution < -0.4 is 5.32 Å². The number of nitrogens with one attached hydrogen (secondary N) is 1. The fraction of sp³-hybridized carbons (Fsp3) is 0.500. The summed E-state index contributed by atoms with van der Waals surface area (Å²) in [6.07, 6.45) is 1.88. The molecule has 0 fully saturated rings. The number of aryl methyl sites for hydroxylation is 1. The molecule has 0 spiro atoms. The van der Waals surface area contributed by atoms with E-state index in [1.165, 1.54) is 5.56 Å². The van der Waals surface area contributed by atoms with E-state index in [0.717, 1.165) is 62.4 Å². The van der Waals surface area contributed by atoms with Gasteiger partial charge < -0.3 is 15.0 Å². The summed E-state index contributed by atoms with van der Waals surface area (Å²) in [4.78, 5) is 11.3. The van der Waals surface area contributed by atoms with Gasteiger partial charge in [-0.3, -0.25) is 4.99 Å². The van der Waals surface area contributed by atoms with Crippen molar-refractivity contribution in [1.29, 1.82) is 0 Å². The summed E-state index contributed by atoms with van der Waals surface area (Å²) in [6.45, 7) is 8.00. The Morgan fingerprint density at radius 1 is 1.26 bits per heavy atom. The van der Waals surface area contributed by atoms with Crippen LogP contribution in [0.4, 0.5) is 0 Å². The highest BCUT2D eigenvalue weighted by Gasteiger charge is 2.08. The Morgan fingerprint density at radius 3 is 2.70 bits per heavy atom. The third-order valence-corrected chi connectivity index (χ3v) is 4.67. The van der Waals surface area contributed by atoms with Crippen molar-refractivity contribution in [2.45, 2.75) is 33.2 Å². The molecule has 0 aliphatic carbocycles. The molecule has 0 bridgehead atoms. The Hall–Kier alpha value is -1.19. The molecule has 0 aliphatic rings. The number of benzene rings is 1. The molecular formula is C20H31IN4OS. The number of hydrogen-bond acceptors (Lipinski definition) is 4. The minimum absolute atomic E-state index is 0. The van der Waals surface area contributed by atoms with Crippen LogP contribution in [0.25, 0.3) is 0 Å². The van der Waals surface area contributed by atoms with Crippen LogP contribution in [0.3, 0.4) is 0 Å². The van der Waals surface area contributed by atoms with Crippen molar-refractivity contribution in [2.75, 3.05) is 33.4 Å². The molecule has 5 nitrogen and oxygen atoms in total. The first-order valence-corrected chi connectivity index (χ1v) is 10.1. The minimum Gasteiger partial charge on any atom is -0.381 e. The first-order valence-electron chi connectivity index (χ1n) is 9.21. The van der Waals surface area contributed by atoms with Crippen LogP contribution in [0.1, 0.15) is 29.6 Å². The zero-order chi connectivity index (χ0) is 18.6. The van der Waals surface area contributed by atoms with Crippen molar-refractivity contribution < 1.29 is 4.74 Å². The molecule has 0 unspecified atom stereocenters. The van der Waals surface area contributed by atoms with Crippen LogP contribution in [-0.4, -0.2) is 49.2 Å². The zero-order valence-electron chi connectivity index (χ0n) is 16.5. The standard InChI is InChI=1S/C20H30N4OS.HI/c1-4-21-20(24(3)15-19-16-26-17(2)23-19)22-12-8-13-25-14-11-18-9-6-5-7-10-18;/h5-7,9-10,16H,4,8,11-15H2,1-3H3,(H,21,22);1H. The Kier molecular flexibility index (Phi) is 12.3. The molecule has 1 aromatic heterocycles. The largest absolute Gasteiger partial charge is 0.381 e. The van der Waals surface area contributed by atoms with E-state index in [4.69, 9.17) is 9.73 Å². The van der Waals surface area contributed by atoms with E-state index in [1.807, 2.05) is 20.0 Å². The number of thiazole rings is 1. The van der Waals surface area contributed by atoms with E-state index in [9.17, 15) is 0 Å².